The molecular formula is C14H10Br2N2O3. The second-order valence-electron chi connectivity index (χ2n) is 4.12. The number of carboxylic acid groups (broad SMARTS) is 1. The van der Waals surface area contributed by atoms with Crippen molar-refractivity contribution in [3.05, 3.63) is 57.0 Å². The molecule has 0 aliphatic rings. The summed E-state index contributed by atoms with van der Waals surface area (Å²) in [5.74, 6) is -1.06. The zero-order valence-corrected chi connectivity index (χ0v) is 13.7. The Balaban J connectivity index is 2.09. The van der Waals surface area contributed by atoms with E-state index in [9.17, 15) is 9.59 Å². The summed E-state index contributed by atoms with van der Waals surface area (Å²) in [6.45, 7) is 0. The summed E-state index contributed by atoms with van der Waals surface area (Å²) >= 11 is 6.51. The largest absolute Gasteiger partial charge is 0.478 e. The van der Waals surface area contributed by atoms with Gasteiger partial charge in [0.25, 0.3) is 0 Å². The molecule has 0 heterocycles. The SMILES string of the molecule is O=C(Nc1ccc(Br)cc1)Nc1cc(Br)cc(C(=O)O)c1. The summed E-state index contributed by atoms with van der Waals surface area (Å²) in [5, 5.41) is 14.2. The van der Waals surface area contributed by atoms with Crippen molar-refractivity contribution in [2.24, 2.45) is 0 Å². The van der Waals surface area contributed by atoms with Gasteiger partial charge >= 0.3 is 12.0 Å². The molecule has 5 nitrogen and oxygen atoms in total. The lowest BCUT2D eigenvalue weighted by molar-refractivity contribution is 0.0697. The molecule has 0 fully saturated rings. The minimum Gasteiger partial charge on any atom is -0.478 e. The van der Waals surface area contributed by atoms with E-state index in [1.165, 1.54) is 12.1 Å². The van der Waals surface area contributed by atoms with E-state index in [2.05, 4.69) is 42.5 Å². The average Bonchev–Trinajstić information content (AvgIpc) is 2.40. The number of carbonyl (C=O) groups excluding carboxylic acids is 1. The highest BCUT2D eigenvalue weighted by Crippen LogP contribution is 2.20. The van der Waals surface area contributed by atoms with Crippen LogP contribution in [0.5, 0.6) is 0 Å². The molecule has 2 aromatic carbocycles. The second-order valence-corrected chi connectivity index (χ2v) is 5.95. The maximum absolute atomic E-state index is 11.9. The number of urea groups is 1. The Morgan fingerprint density at radius 1 is 0.857 bits per heavy atom. The summed E-state index contributed by atoms with van der Waals surface area (Å²) < 4.78 is 1.48. The van der Waals surface area contributed by atoms with Gasteiger partial charge in [0.05, 0.1) is 5.56 Å². The molecule has 0 bridgehead atoms. The van der Waals surface area contributed by atoms with Gasteiger partial charge in [-0.2, -0.15) is 0 Å². The smallest absolute Gasteiger partial charge is 0.335 e. The van der Waals surface area contributed by atoms with Gasteiger partial charge < -0.3 is 15.7 Å². The topological polar surface area (TPSA) is 78.4 Å². The molecule has 21 heavy (non-hydrogen) atoms. The Hall–Kier alpha value is -1.86. The monoisotopic (exact) mass is 412 g/mol. The van der Waals surface area contributed by atoms with E-state index in [4.69, 9.17) is 5.11 Å². The van der Waals surface area contributed by atoms with Crippen molar-refractivity contribution < 1.29 is 14.7 Å². The molecule has 0 atom stereocenters. The first-order valence-corrected chi connectivity index (χ1v) is 7.40. The van der Waals surface area contributed by atoms with Gasteiger partial charge in [-0.3, -0.25) is 0 Å². The lowest BCUT2D eigenvalue weighted by atomic mass is 10.2. The van der Waals surface area contributed by atoms with E-state index in [0.29, 0.717) is 15.8 Å². The van der Waals surface area contributed by atoms with E-state index in [1.807, 2.05) is 0 Å². The third-order valence-electron chi connectivity index (χ3n) is 2.50. The Morgan fingerprint density at radius 2 is 1.48 bits per heavy atom. The van der Waals surface area contributed by atoms with Crippen molar-refractivity contribution in [1.82, 2.24) is 0 Å². The molecular weight excluding hydrogens is 404 g/mol. The molecule has 0 saturated heterocycles. The molecule has 0 spiro atoms. The van der Waals surface area contributed by atoms with Crippen LogP contribution in [0.4, 0.5) is 16.2 Å². The molecule has 0 aliphatic carbocycles. The van der Waals surface area contributed by atoms with Crippen LogP contribution in [0.25, 0.3) is 0 Å². The number of benzene rings is 2. The van der Waals surface area contributed by atoms with Gasteiger partial charge in [-0.05, 0) is 42.5 Å². The maximum Gasteiger partial charge on any atom is 0.335 e. The molecule has 2 aromatic rings. The number of carboxylic acids is 1. The van der Waals surface area contributed by atoms with Gasteiger partial charge in [-0.15, -0.1) is 0 Å². The summed E-state index contributed by atoms with van der Waals surface area (Å²) in [5.41, 5.74) is 1.10. The highest BCUT2D eigenvalue weighted by atomic mass is 79.9. The Kier molecular flexibility index (Phi) is 4.98. The summed E-state index contributed by atoms with van der Waals surface area (Å²) in [6, 6.07) is 11.1. The van der Waals surface area contributed by atoms with E-state index in [0.717, 1.165) is 4.47 Å². The first kappa shape index (κ1) is 15.5. The van der Waals surface area contributed by atoms with Crippen molar-refractivity contribution in [3.8, 4) is 0 Å². The van der Waals surface area contributed by atoms with Crippen LogP contribution in [0.2, 0.25) is 0 Å². The van der Waals surface area contributed by atoms with Gasteiger partial charge in [0, 0.05) is 20.3 Å². The van der Waals surface area contributed by atoms with Crippen LogP contribution < -0.4 is 10.6 Å². The van der Waals surface area contributed by atoms with Crippen LogP contribution in [0.3, 0.4) is 0 Å². The normalized spacial score (nSPS) is 10.0. The number of hydrogen-bond acceptors (Lipinski definition) is 2. The standard InChI is InChI=1S/C14H10Br2N2O3/c15-9-1-3-11(4-2-9)17-14(21)18-12-6-8(13(19)20)5-10(16)7-12/h1-7H,(H,19,20)(H2,17,18,21). The van der Waals surface area contributed by atoms with Crippen LogP contribution in [0.15, 0.2) is 51.4 Å². The van der Waals surface area contributed by atoms with Crippen LogP contribution in [-0.4, -0.2) is 17.1 Å². The molecule has 7 heteroatoms. The molecule has 2 amide bonds. The lowest BCUT2D eigenvalue weighted by Crippen LogP contribution is -2.19. The fraction of sp³-hybridized carbons (Fsp3) is 0. The van der Waals surface area contributed by atoms with Gasteiger partial charge in [0.15, 0.2) is 0 Å². The van der Waals surface area contributed by atoms with E-state index < -0.39 is 12.0 Å². The zero-order valence-electron chi connectivity index (χ0n) is 10.6. The van der Waals surface area contributed by atoms with Gasteiger partial charge in [-0.25, -0.2) is 9.59 Å². The number of carbonyl (C=O) groups is 2. The Bertz CT molecular complexity index is 687. The van der Waals surface area contributed by atoms with Crippen LogP contribution in [-0.2, 0) is 0 Å². The molecule has 3 N–H and O–H groups in total. The van der Waals surface area contributed by atoms with E-state index in [-0.39, 0.29) is 5.56 Å². The van der Waals surface area contributed by atoms with Crippen molar-refractivity contribution in [2.75, 3.05) is 10.6 Å². The molecule has 0 aromatic heterocycles. The van der Waals surface area contributed by atoms with Crippen molar-refractivity contribution in [3.63, 3.8) is 0 Å². The molecule has 108 valence electrons. The van der Waals surface area contributed by atoms with Crippen LogP contribution in [0.1, 0.15) is 10.4 Å². The third-order valence-corrected chi connectivity index (χ3v) is 3.49. The second kappa shape index (κ2) is 6.73. The van der Waals surface area contributed by atoms with Gasteiger partial charge in [0.1, 0.15) is 0 Å². The quantitative estimate of drug-likeness (QED) is 0.690. The van der Waals surface area contributed by atoms with Crippen molar-refractivity contribution >= 4 is 55.2 Å². The average molecular weight is 414 g/mol. The molecule has 0 radical (unpaired) electrons. The van der Waals surface area contributed by atoms with Gasteiger partial charge in [-0.1, -0.05) is 31.9 Å². The molecule has 2 rings (SSSR count). The van der Waals surface area contributed by atoms with Crippen molar-refractivity contribution in [1.29, 1.82) is 0 Å². The Morgan fingerprint density at radius 3 is 2.10 bits per heavy atom. The highest BCUT2D eigenvalue weighted by molar-refractivity contribution is 9.10. The summed E-state index contributed by atoms with van der Waals surface area (Å²) in [7, 11) is 0. The predicted octanol–water partition coefficient (Wildman–Crippen LogP) is 4.55. The molecule has 0 saturated carbocycles. The fourth-order valence-electron chi connectivity index (χ4n) is 1.61. The predicted molar refractivity (Wildman–Crippen MR) is 87.9 cm³/mol. The minimum atomic E-state index is -1.06. The first-order valence-electron chi connectivity index (χ1n) is 5.81. The summed E-state index contributed by atoms with van der Waals surface area (Å²) in [4.78, 5) is 22.8. The van der Waals surface area contributed by atoms with E-state index >= 15 is 0 Å². The van der Waals surface area contributed by atoms with E-state index in [1.54, 1.807) is 30.3 Å². The summed E-state index contributed by atoms with van der Waals surface area (Å²) in [6.07, 6.45) is 0. The number of nitrogens with one attached hydrogen (secondary N) is 2. The first-order chi connectivity index (χ1) is 9.94. The number of hydrogen-bond donors (Lipinski definition) is 3. The zero-order chi connectivity index (χ0) is 15.4. The number of anilines is 2. The maximum atomic E-state index is 11.9. The third kappa shape index (κ3) is 4.57. The number of aromatic carboxylic acids is 1. The number of halogens is 2. The fourth-order valence-corrected chi connectivity index (χ4v) is 2.37. The van der Waals surface area contributed by atoms with Crippen LogP contribution >= 0.6 is 31.9 Å². The highest BCUT2D eigenvalue weighted by Gasteiger charge is 2.08. The Labute approximate surface area is 137 Å². The molecule has 0 unspecified atom stereocenters. The van der Waals surface area contributed by atoms with Crippen LogP contribution in [0, 0.1) is 0 Å². The minimum absolute atomic E-state index is 0.0864. The number of rotatable bonds is 3. The number of amides is 2. The van der Waals surface area contributed by atoms with Gasteiger partial charge in [0.2, 0.25) is 0 Å². The molecule has 0 aliphatic heterocycles. The van der Waals surface area contributed by atoms with Crippen molar-refractivity contribution in [2.45, 2.75) is 0 Å². The lowest BCUT2D eigenvalue weighted by Gasteiger charge is -2.09.